The van der Waals surface area contributed by atoms with E-state index in [0.717, 1.165) is 22.8 Å². The van der Waals surface area contributed by atoms with Gasteiger partial charge in [0.25, 0.3) is 0 Å². The molecule has 2 heterocycles. The highest BCUT2D eigenvalue weighted by atomic mass is 16.5. The highest BCUT2D eigenvalue weighted by Crippen LogP contribution is 2.45. The molecule has 128 valence electrons. The van der Waals surface area contributed by atoms with Crippen molar-refractivity contribution in [3.8, 4) is 17.2 Å². The lowest BCUT2D eigenvalue weighted by Crippen LogP contribution is -2.40. The molecule has 0 fully saturated rings. The Balaban J connectivity index is 1.79. The second-order valence-corrected chi connectivity index (χ2v) is 5.70. The first-order chi connectivity index (χ1) is 12.1. The van der Waals surface area contributed by atoms with Gasteiger partial charge in [0.15, 0.2) is 11.5 Å². The van der Waals surface area contributed by atoms with Gasteiger partial charge in [0.2, 0.25) is 0 Å². The molecule has 2 aromatic carbocycles. The van der Waals surface area contributed by atoms with Crippen LogP contribution in [0.3, 0.4) is 0 Å². The Hall–Kier alpha value is -3.22. The Morgan fingerprint density at radius 1 is 1.24 bits per heavy atom. The highest BCUT2D eigenvalue weighted by Gasteiger charge is 2.30. The Morgan fingerprint density at radius 2 is 2.08 bits per heavy atom. The molecule has 0 aliphatic carbocycles. The number of carbonyl (C=O) groups is 1. The molecule has 0 saturated heterocycles. The van der Waals surface area contributed by atoms with Gasteiger partial charge in [-0.3, -0.25) is 0 Å². The third-order valence-electron chi connectivity index (χ3n) is 4.34. The number of methoxy groups -OCH3 is 2. The summed E-state index contributed by atoms with van der Waals surface area (Å²) in [5.74, 6) is 1.53. The van der Waals surface area contributed by atoms with E-state index in [1.54, 1.807) is 32.4 Å². The van der Waals surface area contributed by atoms with Crippen LogP contribution < -0.4 is 19.1 Å². The average Bonchev–Trinajstić information content (AvgIpc) is 2.64. The smallest absolute Gasteiger partial charge is 0.335 e. The van der Waals surface area contributed by atoms with Gasteiger partial charge in [0.1, 0.15) is 23.9 Å². The number of carboxylic acids is 1. The van der Waals surface area contributed by atoms with Crippen molar-refractivity contribution in [2.24, 2.45) is 4.99 Å². The molecule has 0 aromatic heterocycles. The second-order valence-electron chi connectivity index (χ2n) is 5.70. The van der Waals surface area contributed by atoms with E-state index in [1.807, 2.05) is 17.0 Å². The molecule has 0 spiro atoms. The van der Waals surface area contributed by atoms with Crippen molar-refractivity contribution in [3.63, 3.8) is 0 Å². The molecule has 25 heavy (non-hydrogen) atoms. The summed E-state index contributed by atoms with van der Waals surface area (Å²) in [6.45, 7) is 0.854. The number of ether oxygens (including phenoxy) is 3. The number of hydrogen-bond donors (Lipinski definition) is 1. The fourth-order valence-corrected chi connectivity index (χ4v) is 3.12. The van der Waals surface area contributed by atoms with E-state index >= 15 is 0 Å². The quantitative estimate of drug-likeness (QED) is 0.925. The van der Waals surface area contributed by atoms with Crippen molar-refractivity contribution in [1.29, 1.82) is 0 Å². The molecule has 0 bridgehead atoms. The molecule has 4 rings (SSSR count). The first-order valence-electron chi connectivity index (χ1n) is 7.71. The lowest BCUT2D eigenvalue weighted by atomic mass is 10.1. The van der Waals surface area contributed by atoms with Gasteiger partial charge in [0.05, 0.1) is 32.0 Å². The van der Waals surface area contributed by atoms with E-state index in [0.29, 0.717) is 23.8 Å². The van der Waals surface area contributed by atoms with E-state index in [-0.39, 0.29) is 12.2 Å². The summed E-state index contributed by atoms with van der Waals surface area (Å²) in [7, 11) is 3.18. The Bertz CT molecular complexity index is 907. The van der Waals surface area contributed by atoms with Crippen LogP contribution in [0.4, 0.5) is 11.4 Å². The van der Waals surface area contributed by atoms with Gasteiger partial charge in [-0.15, -0.1) is 0 Å². The van der Waals surface area contributed by atoms with Gasteiger partial charge in [0, 0.05) is 5.56 Å². The van der Waals surface area contributed by atoms with Gasteiger partial charge in [-0.2, -0.15) is 0 Å². The van der Waals surface area contributed by atoms with Crippen LogP contribution in [0.1, 0.15) is 15.9 Å². The third-order valence-corrected chi connectivity index (χ3v) is 4.34. The summed E-state index contributed by atoms with van der Waals surface area (Å²) in [6.07, 6.45) is 0. The maximum absolute atomic E-state index is 11.1. The fraction of sp³-hybridized carbons (Fsp3) is 0.222. The summed E-state index contributed by atoms with van der Waals surface area (Å²) in [6, 6.07) is 8.67. The summed E-state index contributed by atoms with van der Waals surface area (Å²) >= 11 is 0. The van der Waals surface area contributed by atoms with Crippen molar-refractivity contribution in [1.82, 2.24) is 0 Å². The summed E-state index contributed by atoms with van der Waals surface area (Å²) in [4.78, 5) is 17.9. The van der Waals surface area contributed by atoms with Gasteiger partial charge in [-0.05, 0) is 24.3 Å². The highest BCUT2D eigenvalue weighted by molar-refractivity contribution is 6.05. The van der Waals surface area contributed by atoms with Gasteiger partial charge in [-0.25, -0.2) is 9.79 Å². The zero-order chi connectivity index (χ0) is 17.6. The van der Waals surface area contributed by atoms with E-state index in [1.165, 1.54) is 0 Å². The minimum atomic E-state index is -0.980. The Morgan fingerprint density at radius 3 is 2.80 bits per heavy atom. The van der Waals surface area contributed by atoms with Crippen LogP contribution in [-0.2, 0) is 6.54 Å². The molecule has 0 atom stereocenters. The normalized spacial score (nSPS) is 14.5. The van der Waals surface area contributed by atoms with Crippen LogP contribution in [-0.4, -0.2) is 37.7 Å². The molecule has 0 unspecified atom stereocenters. The fourth-order valence-electron chi connectivity index (χ4n) is 3.12. The van der Waals surface area contributed by atoms with E-state index in [4.69, 9.17) is 24.3 Å². The molecule has 2 aromatic rings. The van der Waals surface area contributed by atoms with Crippen molar-refractivity contribution in [2.45, 2.75) is 6.54 Å². The molecular formula is C18H16N2O5. The van der Waals surface area contributed by atoms with Crippen LogP contribution >= 0.6 is 0 Å². The predicted molar refractivity (Wildman–Crippen MR) is 91.7 cm³/mol. The number of benzene rings is 2. The standard InChI is InChI=1S/C18H16N2O5/c1-23-13-6-4-11-8-20-12-5-3-10(18(21)22)7-14(12)25-9-15(20)19-16(11)17(13)24-2/h3-7H,8-9H2,1-2H3,(H,21,22). The largest absolute Gasteiger partial charge is 0.493 e. The van der Waals surface area contributed by atoms with Crippen molar-refractivity contribution in [2.75, 3.05) is 25.7 Å². The molecule has 0 saturated carbocycles. The average molecular weight is 340 g/mol. The summed E-state index contributed by atoms with van der Waals surface area (Å²) < 4.78 is 16.5. The van der Waals surface area contributed by atoms with Crippen LogP contribution in [0.2, 0.25) is 0 Å². The zero-order valence-corrected chi connectivity index (χ0v) is 13.8. The first-order valence-corrected chi connectivity index (χ1v) is 7.71. The van der Waals surface area contributed by atoms with Crippen molar-refractivity contribution >= 4 is 23.2 Å². The number of amidine groups is 1. The van der Waals surface area contributed by atoms with Crippen LogP contribution in [0, 0.1) is 0 Å². The van der Waals surface area contributed by atoms with E-state index in [9.17, 15) is 4.79 Å². The number of hydrogen-bond acceptors (Lipinski definition) is 6. The molecule has 7 nitrogen and oxygen atoms in total. The Kier molecular flexibility index (Phi) is 3.49. The summed E-state index contributed by atoms with van der Waals surface area (Å²) in [5, 5.41) is 9.14. The topological polar surface area (TPSA) is 80.6 Å². The lowest BCUT2D eigenvalue weighted by Gasteiger charge is -2.35. The molecule has 2 aliphatic rings. The molecular weight excluding hydrogens is 324 g/mol. The SMILES string of the molecule is COc1ccc2c(c1OC)N=C1COc3cc(C(=O)O)ccc3N1C2. The van der Waals surface area contributed by atoms with Gasteiger partial charge < -0.3 is 24.2 Å². The molecule has 1 N–H and O–H groups in total. The van der Waals surface area contributed by atoms with Crippen LogP contribution in [0.5, 0.6) is 17.2 Å². The molecule has 0 radical (unpaired) electrons. The number of carboxylic acid groups (broad SMARTS) is 1. The number of fused-ring (bicyclic) bond motifs is 4. The van der Waals surface area contributed by atoms with Gasteiger partial charge >= 0.3 is 5.97 Å². The van der Waals surface area contributed by atoms with Crippen molar-refractivity contribution < 1.29 is 24.1 Å². The van der Waals surface area contributed by atoms with Gasteiger partial charge in [-0.1, -0.05) is 6.07 Å². The number of rotatable bonds is 3. The minimum Gasteiger partial charge on any atom is -0.493 e. The molecule has 0 amide bonds. The van der Waals surface area contributed by atoms with Crippen LogP contribution in [0.15, 0.2) is 35.3 Å². The Labute approximate surface area is 144 Å². The summed E-state index contributed by atoms with van der Waals surface area (Å²) in [5.41, 5.74) is 2.73. The number of nitrogens with zero attached hydrogens (tertiary/aromatic N) is 2. The lowest BCUT2D eigenvalue weighted by molar-refractivity contribution is 0.0696. The van der Waals surface area contributed by atoms with E-state index in [2.05, 4.69) is 0 Å². The number of aliphatic imine (C=N–C) groups is 1. The van der Waals surface area contributed by atoms with Crippen molar-refractivity contribution in [3.05, 3.63) is 41.5 Å². The minimum absolute atomic E-state index is 0.197. The van der Waals surface area contributed by atoms with E-state index < -0.39 is 5.97 Å². The predicted octanol–water partition coefficient (Wildman–Crippen LogP) is 2.84. The molecule has 7 heteroatoms. The maximum atomic E-state index is 11.1. The monoisotopic (exact) mass is 340 g/mol. The maximum Gasteiger partial charge on any atom is 0.335 e. The first kappa shape index (κ1) is 15.3. The van der Waals surface area contributed by atoms with Crippen LogP contribution in [0.25, 0.3) is 0 Å². The zero-order valence-electron chi connectivity index (χ0n) is 13.8. The molecule has 2 aliphatic heterocycles. The number of anilines is 1. The second kappa shape index (κ2) is 5.70. The number of aromatic carboxylic acids is 1. The third kappa shape index (κ3) is 2.36.